The number of ether oxygens (including phenoxy) is 1. The maximum Gasteiger partial charge on any atom is 0.242 e. The van der Waals surface area contributed by atoms with Crippen molar-refractivity contribution in [1.82, 2.24) is 4.31 Å². The molecule has 0 radical (unpaired) electrons. The molecule has 0 amide bonds. The van der Waals surface area contributed by atoms with Crippen LogP contribution in [0.4, 0.5) is 5.69 Å². The summed E-state index contributed by atoms with van der Waals surface area (Å²) in [6.45, 7) is 4.01. The van der Waals surface area contributed by atoms with Gasteiger partial charge >= 0.3 is 0 Å². The number of nitrogens with two attached hydrogens (primary N) is 1. The Kier molecular flexibility index (Phi) is 5.20. The molecule has 1 atom stereocenters. The molecule has 1 rings (SSSR count). The van der Waals surface area contributed by atoms with E-state index in [0.29, 0.717) is 11.4 Å². The summed E-state index contributed by atoms with van der Waals surface area (Å²) in [5.41, 5.74) is 6.26. The predicted octanol–water partition coefficient (Wildman–Crippen LogP) is 2.09. The maximum atomic E-state index is 12.0. The lowest BCUT2D eigenvalue weighted by atomic mass is 10.2. The molecule has 0 aliphatic rings. The fraction of sp³-hybridized carbons (Fsp3) is 0.538. The Balaban J connectivity index is 3.08. The maximum absolute atomic E-state index is 12.0. The summed E-state index contributed by atoms with van der Waals surface area (Å²) < 4.78 is 30.9. The first-order valence-corrected chi connectivity index (χ1v) is 7.71. The van der Waals surface area contributed by atoms with Gasteiger partial charge < -0.3 is 10.5 Å². The molecule has 108 valence electrons. The summed E-state index contributed by atoms with van der Waals surface area (Å²) in [5, 5.41) is 0. The Morgan fingerprint density at radius 3 is 2.53 bits per heavy atom. The Morgan fingerprint density at radius 1 is 1.37 bits per heavy atom. The number of rotatable bonds is 6. The molecule has 0 saturated heterocycles. The van der Waals surface area contributed by atoms with Crippen LogP contribution in [0.2, 0.25) is 0 Å². The van der Waals surface area contributed by atoms with Crippen LogP contribution in [0.5, 0.6) is 5.75 Å². The fourth-order valence-corrected chi connectivity index (χ4v) is 2.59. The first-order valence-electron chi connectivity index (χ1n) is 6.27. The molecule has 0 bridgehead atoms. The molecule has 0 heterocycles. The van der Waals surface area contributed by atoms with Crippen molar-refractivity contribution in [3.05, 3.63) is 18.2 Å². The Morgan fingerprint density at radius 2 is 2.00 bits per heavy atom. The highest BCUT2D eigenvalue weighted by molar-refractivity contribution is 7.89. The van der Waals surface area contributed by atoms with Crippen molar-refractivity contribution in [2.45, 2.75) is 37.7 Å². The second kappa shape index (κ2) is 6.25. The molecular formula is C13H22N2O3S. The largest absolute Gasteiger partial charge is 0.489 e. The molecule has 0 aliphatic carbocycles. The molecule has 6 heteroatoms. The van der Waals surface area contributed by atoms with Crippen molar-refractivity contribution in [3.8, 4) is 5.75 Å². The molecule has 0 fully saturated rings. The molecular weight excluding hydrogens is 264 g/mol. The zero-order chi connectivity index (χ0) is 14.6. The SMILES string of the molecule is CCCC(C)Oc1cc(S(=O)(=O)N(C)C)ccc1N. The molecule has 1 aromatic rings. The van der Waals surface area contributed by atoms with Crippen LogP contribution in [0.15, 0.2) is 23.1 Å². The summed E-state index contributed by atoms with van der Waals surface area (Å²) in [5.74, 6) is 0.420. The van der Waals surface area contributed by atoms with Crippen LogP contribution >= 0.6 is 0 Å². The van der Waals surface area contributed by atoms with E-state index in [1.807, 2.05) is 6.92 Å². The van der Waals surface area contributed by atoms with Crippen LogP contribution in [0.3, 0.4) is 0 Å². The van der Waals surface area contributed by atoms with Crippen LogP contribution < -0.4 is 10.5 Å². The van der Waals surface area contributed by atoms with Gasteiger partial charge in [-0.25, -0.2) is 12.7 Å². The minimum absolute atomic E-state index is 0.00427. The van der Waals surface area contributed by atoms with E-state index in [9.17, 15) is 8.42 Å². The second-order valence-corrected chi connectivity index (χ2v) is 6.86. The topological polar surface area (TPSA) is 72.6 Å². The van der Waals surface area contributed by atoms with Gasteiger partial charge in [0.25, 0.3) is 0 Å². The van der Waals surface area contributed by atoms with Gasteiger partial charge in [-0.15, -0.1) is 0 Å². The third-order valence-electron chi connectivity index (χ3n) is 2.79. The van der Waals surface area contributed by atoms with E-state index in [2.05, 4.69) is 6.92 Å². The Bertz CT molecular complexity index is 527. The Labute approximate surface area is 115 Å². The van der Waals surface area contributed by atoms with Gasteiger partial charge in [-0.1, -0.05) is 13.3 Å². The molecule has 19 heavy (non-hydrogen) atoms. The van der Waals surface area contributed by atoms with Crippen LogP contribution in [0, 0.1) is 0 Å². The number of hydrogen-bond acceptors (Lipinski definition) is 4. The average molecular weight is 286 g/mol. The first-order chi connectivity index (χ1) is 8.78. The zero-order valence-electron chi connectivity index (χ0n) is 11.9. The van der Waals surface area contributed by atoms with Gasteiger partial charge in [0.1, 0.15) is 5.75 Å². The van der Waals surface area contributed by atoms with Crippen molar-refractivity contribution in [1.29, 1.82) is 0 Å². The average Bonchev–Trinajstić information content (AvgIpc) is 2.31. The highest BCUT2D eigenvalue weighted by Gasteiger charge is 2.19. The molecule has 0 aliphatic heterocycles. The minimum Gasteiger partial charge on any atom is -0.489 e. The van der Waals surface area contributed by atoms with Gasteiger partial charge in [0, 0.05) is 20.2 Å². The zero-order valence-corrected chi connectivity index (χ0v) is 12.7. The summed E-state index contributed by atoms with van der Waals surface area (Å²) in [6.07, 6.45) is 1.89. The van der Waals surface area contributed by atoms with E-state index in [0.717, 1.165) is 17.1 Å². The molecule has 2 N–H and O–H groups in total. The van der Waals surface area contributed by atoms with Gasteiger partial charge in [0.15, 0.2) is 0 Å². The Hall–Kier alpha value is -1.27. The van der Waals surface area contributed by atoms with Crippen molar-refractivity contribution in [2.75, 3.05) is 19.8 Å². The molecule has 1 unspecified atom stereocenters. The molecule has 1 aromatic carbocycles. The van der Waals surface area contributed by atoms with Crippen molar-refractivity contribution in [3.63, 3.8) is 0 Å². The van der Waals surface area contributed by atoms with E-state index in [1.165, 1.54) is 26.2 Å². The lowest BCUT2D eigenvalue weighted by Gasteiger charge is -2.17. The van der Waals surface area contributed by atoms with Gasteiger partial charge in [-0.2, -0.15) is 0 Å². The number of nitrogens with zero attached hydrogens (tertiary/aromatic N) is 1. The standard InChI is InChI=1S/C13H22N2O3S/c1-5-6-10(2)18-13-9-11(7-8-12(13)14)19(16,17)15(3)4/h7-10H,5-6,14H2,1-4H3. The lowest BCUT2D eigenvalue weighted by molar-refractivity contribution is 0.210. The molecule has 0 aromatic heterocycles. The van der Waals surface area contributed by atoms with Gasteiger partial charge in [-0.05, 0) is 25.5 Å². The highest BCUT2D eigenvalue weighted by atomic mass is 32.2. The van der Waals surface area contributed by atoms with Gasteiger partial charge in [0.2, 0.25) is 10.0 Å². The van der Waals surface area contributed by atoms with Gasteiger partial charge in [-0.3, -0.25) is 0 Å². The van der Waals surface area contributed by atoms with Crippen molar-refractivity contribution >= 4 is 15.7 Å². The molecule has 0 spiro atoms. The third kappa shape index (κ3) is 3.84. The van der Waals surface area contributed by atoms with E-state index < -0.39 is 10.0 Å². The van der Waals surface area contributed by atoms with E-state index >= 15 is 0 Å². The molecule has 0 saturated carbocycles. The van der Waals surface area contributed by atoms with Gasteiger partial charge in [0.05, 0.1) is 16.7 Å². The minimum atomic E-state index is -3.47. The van der Waals surface area contributed by atoms with E-state index in [4.69, 9.17) is 10.5 Å². The number of nitrogen functional groups attached to an aromatic ring is 1. The smallest absolute Gasteiger partial charge is 0.242 e. The second-order valence-electron chi connectivity index (χ2n) is 4.70. The van der Waals surface area contributed by atoms with Crippen molar-refractivity contribution in [2.24, 2.45) is 0 Å². The van der Waals surface area contributed by atoms with Crippen LogP contribution in [-0.2, 0) is 10.0 Å². The number of sulfonamides is 1. The quantitative estimate of drug-likeness (QED) is 0.813. The normalized spacial score (nSPS) is 13.5. The van der Waals surface area contributed by atoms with E-state index in [-0.39, 0.29) is 11.0 Å². The molecule has 5 nitrogen and oxygen atoms in total. The first kappa shape index (κ1) is 15.8. The third-order valence-corrected chi connectivity index (χ3v) is 4.60. The van der Waals surface area contributed by atoms with Crippen molar-refractivity contribution < 1.29 is 13.2 Å². The summed E-state index contributed by atoms with van der Waals surface area (Å²) in [6, 6.07) is 4.53. The summed E-state index contributed by atoms with van der Waals surface area (Å²) in [4.78, 5) is 0.186. The fourth-order valence-electron chi connectivity index (χ4n) is 1.67. The monoisotopic (exact) mass is 286 g/mol. The predicted molar refractivity (Wildman–Crippen MR) is 76.7 cm³/mol. The van der Waals surface area contributed by atoms with E-state index in [1.54, 1.807) is 6.07 Å². The number of anilines is 1. The highest BCUT2D eigenvalue weighted by Crippen LogP contribution is 2.27. The number of hydrogen-bond donors (Lipinski definition) is 1. The van der Waals surface area contributed by atoms with Crippen LogP contribution in [-0.4, -0.2) is 32.9 Å². The lowest BCUT2D eigenvalue weighted by Crippen LogP contribution is -2.22. The summed E-state index contributed by atoms with van der Waals surface area (Å²) in [7, 11) is -0.482. The summed E-state index contributed by atoms with van der Waals surface area (Å²) >= 11 is 0. The number of benzene rings is 1. The van der Waals surface area contributed by atoms with Crippen LogP contribution in [0.1, 0.15) is 26.7 Å². The van der Waals surface area contributed by atoms with Crippen LogP contribution in [0.25, 0.3) is 0 Å².